The fourth-order valence-electron chi connectivity index (χ4n) is 5.98. The van der Waals surface area contributed by atoms with E-state index in [1.807, 2.05) is 0 Å². The SMILES string of the molecule is CCCCCCc1cc2c(cc1CCCCCC)Nc1cc(CCCCCC)c(CCCCCC)cc1N2. The van der Waals surface area contributed by atoms with E-state index in [9.17, 15) is 0 Å². The standard InChI is InChI=1S/C36H58N2/c1-5-9-13-17-21-29-25-33-34(26-30(29)22-18-14-10-6-2)38-36-28-32(24-20-16-12-8-4)31(27-35(36)37-33)23-19-15-11-7-3/h25-28,37-38H,5-24H2,1-4H3. The topological polar surface area (TPSA) is 24.1 Å². The second kappa shape index (κ2) is 17.6. The molecule has 0 bridgehead atoms. The largest absolute Gasteiger partial charge is 0.352 e. The van der Waals surface area contributed by atoms with Crippen molar-refractivity contribution in [3.63, 3.8) is 0 Å². The lowest BCUT2D eigenvalue weighted by molar-refractivity contribution is 0.650. The van der Waals surface area contributed by atoms with Gasteiger partial charge in [0.1, 0.15) is 0 Å². The minimum Gasteiger partial charge on any atom is -0.352 e. The molecule has 1 heterocycles. The van der Waals surface area contributed by atoms with Crippen LogP contribution in [0, 0.1) is 0 Å². The van der Waals surface area contributed by atoms with Crippen LogP contribution >= 0.6 is 0 Å². The molecular weight excluding hydrogens is 460 g/mol. The number of nitrogens with one attached hydrogen (secondary N) is 2. The van der Waals surface area contributed by atoms with Crippen LogP contribution < -0.4 is 10.6 Å². The molecule has 0 aromatic heterocycles. The summed E-state index contributed by atoms with van der Waals surface area (Å²) in [6, 6.07) is 9.91. The normalized spacial score (nSPS) is 12.1. The fraction of sp³-hybridized carbons (Fsp3) is 0.667. The molecule has 0 aliphatic carbocycles. The van der Waals surface area contributed by atoms with E-state index in [4.69, 9.17) is 0 Å². The van der Waals surface area contributed by atoms with E-state index in [1.165, 1.54) is 151 Å². The first-order valence-electron chi connectivity index (χ1n) is 16.6. The van der Waals surface area contributed by atoms with Crippen molar-refractivity contribution >= 4 is 22.7 Å². The Balaban J connectivity index is 1.81. The highest BCUT2D eigenvalue weighted by Gasteiger charge is 2.19. The number of fused-ring (bicyclic) bond motifs is 2. The molecule has 0 radical (unpaired) electrons. The van der Waals surface area contributed by atoms with Gasteiger partial charge in [-0.05, 0) is 97.9 Å². The van der Waals surface area contributed by atoms with Crippen molar-refractivity contribution in [2.75, 3.05) is 10.6 Å². The van der Waals surface area contributed by atoms with Crippen LogP contribution in [-0.2, 0) is 25.7 Å². The number of anilines is 4. The third-order valence-corrected chi connectivity index (χ3v) is 8.42. The first-order chi connectivity index (χ1) is 18.7. The van der Waals surface area contributed by atoms with Crippen LogP contribution in [0.5, 0.6) is 0 Å². The molecule has 0 amide bonds. The molecule has 2 aromatic carbocycles. The van der Waals surface area contributed by atoms with Gasteiger partial charge in [0.05, 0.1) is 22.7 Å². The minimum absolute atomic E-state index is 1.21. The van der Waals surface area contributed by atoms with Gasteiger partial charge in [-0.1, -0.05) is 105 Å². The Labute approximate surface area is 235 Å². The minimum atomic E-state index is 1.21. The molecule has 2 aromatic rings. The van der Waals surface area contributed by atoms with E-state index in [1.54, 1.807) is 22.3 Å². The van der Waals surface area contributed by atoms with Crippen LogP contribution in [0.1, 0.15) is 153 Å². The molecule has 0 unspecified atom stereocenters. The van der Waals surface area contributed by atoms with Crippen molar-refractivity contribution in [1.29, 1.82) is 0 Å². The average Bonchev–Trinajstić information content (AvgIpc) is 2.93. The number of aryl methyl sites for hydroxylation is 4. The van der Waals surface area contributed by atoms with Gasteiger partial charge in [-0.2, -0.15) is 0 Å². The summed E-state index contributed by atoms with van der Waals surface area (Å²) in [7, 11) is 0. The van der Waals surface area contributed by atoms with Gasteiger partial charge in [-0.3, -0.25) is 0 Å². The van der Waals surface area contributed by atoms with Crippen molar-refractivity contribution < 1.29 is 0 Å². The predicted molar refractivity (Wildman–Crippen MR) is 171 cm³/mol. The summed E-state index contributed by atoms with van der Waals surface area (Å²) in [4.78, 5) is 0. The van der Waals surface area contributed by atoms with Crippen molar-refractivity contribution in [2.24, 2.45) is 0 Å². The van der Waals surface area contributed by atoms with Crippen LogP contribution in [0.25, 0.3) is 0 Å². The van der Waals surface area contributed by atoms with E-state index in [0.717, 1.165) is 0 Å². The second-order valence-electron chi connectivity index (χ2n) is 11.8. The molecule has 0 saturated carbocycles. The molecule has 2 nitrogen and oxygen atoms in total. The maximum Gasteiger partial charge on any atom is 0.0627 e. The van der Waals surface area contributed by atoms with Gasteiger partial charge >= 0.3 is 0 Å². The first-order valence-corrected chi connectivity index (χ1v) is 16.6. The molecule has 0 fully saturated rings. The zero-order valence-corrected chi connectivity index (χ0v) is 25.5. The molecule has 2 N–H and O–H groups in total. The van der Waals surface area contributed by atoms with E-state index >= 15 is 0 Å². The van der Waals surface area contributed by atoms with Crippen molar-refractivity contribution in [3.05, 3.63) is 46.5 Å². The van der Waals surface area contributed by atoms with Gasteiger partial charge in [-0.15, -0.1) is 0 Å². The lowest BCUT2D eigenvalue weighted by atomic mass is 9.92. The quantitative estimate of drug-likeness (QED) is 0.145. The van der Waals surface area contributed by atoms with Crippen LogP contribution in [0.15, 0.2) is 24.3 Å². The molecule has 0 spiro atoms. The van der Waals surface area contributed by atoms with Crippen molar-refractivity contribution in [2.45, 2.75) is 156 Å². The Kier molecular flexibility index (Phi) is 14.2. The number of benzene rings is 2. The van der Waals surface area contributed by atoms with Crippen molar-refractivity contribution in [1.82, 2.24) is 0 Å². The lowest BCUT2D eigenvalue weighted by Gasteiger charge is -2.27. The second-order valence-corrected chi connectivity index (χ2v) is 11.8. The first kappa shape index (κ1) is 30.6. The highest BCUT2D eigenvalue weighted by molar-refractivity contribution is 5.91. The van der Waals surface area contributed by atoms with E-state index in [0.29, 0.717) is 0 Å². The van der Waals surface area contributed by atoms with E-state index < -0.39 is 0 Å². The number of rotatable bonds is 20. The highest BCUT2D eigenvalue weighted by atomic mass is 15.0. The van der Waals surface area contributed by atoms with Crippen LogP contribution in [0.4, 0.5) is 22.7 Å². The molecule has 1 aliphatic heterocycles. The Morgan fingerprint density at radius 3 is 0.789 bits per heavy atom. The maximum absolute atomic E-state index is 3.87. The van der Waals surface area contributed by atoms with Gasteiger partial charge in [-0.25, -0.2) is 0 Å². The monoisotopic (exact) mass is 518 g/mol. The summed E-state index contributed by atoms with van der Waals surface area (Å²) in [5.41, 5.74) is 11.4. The lowest BCUT2D eigenvalue weighted by Crippen LogP contribution is -2.10. The van der Waals surface area contributed by atoms with Gasteiger partial charge < -0.3 is 10.6 Å². The number of hydrogen-bond acceptors (Lipinski definition) is 2. The number of unbranched alkanes of at least 4 members (excludes halogenated alkanes) is 12. The van der Waals surface area contributed by atoms with Crippen LogP contribution in [0.3, 0.4) is 0 Å². The Morgan fingerprint density at radius 2 is 0.579 bits per heavy atom. The van der Waals surface area contributed by atoms with Gasteiger partial charge in [0.2, 0.25) is 0 Å². The molecule has 212 valence electrons. The fourth-order valence-corrected chi connectivity index (χ4v) is 5.98. The van der Waals surface area contributed by atoms with Gasteiger partial charge in [0.15, 0.2) is 0 Å². The molecule has 0 atom stereocenters. The third kappa shape index (κ3) is 9.65. The maximum atomic E-state index is 3.87. The molecule has 1 aliphatic rings. The molecular formula is C36H58N2. The molecule has 3 rings (SSSR count). The third-order valence-electron chi connectivity index (χ3n) is 8.42. The summed E-state index contributed by atoms with van der Waals surface area (Å²) < 4.78 is 0. The summed E-state index contributed by atoms with van der Waals surface area (Å²) in [6.45, 7) is 9.22. The van der Waals surface area contributed by atoms with Gasteiger partial charge in [0, 0.05) is 0 Å². The smallest absolute Gasteiger partial charge is 0.0627 e. The van der Waals surface area contributed by atoms with Crippen molar-refractivity contribution in [3.8, 4) is 0 Å². The van der Waals surface area contributed by atoms with Crippen LogP contribution in [-0.4, -0.2) is 0 Å². The molecule has 2 heteroatoms. The zero-order valence-electron chi connectivity index (χ0n) is 25.5. The zero-order chi connectivity index (χ0) is 27.0. The van der Waals surface area contributed by atoms with Crippen LogP contribution in [0.2, 0.25) is 0 Å². The highest BCUT2D eigenvalue weighted by Crippen LogP contribution is 2.42. The van der Waals surface area contributed by atoms with E-state index in [2.05, 4.69) is 62.6 Å². The summed E-state index contributed by atoms with van der Waals surface area (Å²) >= 11 is 0. The van der Waals surface area contributed by atoms with Gasteiger partial charge in [0.25, 0.3) is 0 Å². The summed E-state index contributed by atoms with van der Waals surface area (Å²) in [5, 5.41) is 7.74. The Morgan fingerprint density at radius 1 is 0.342 bits per heavy atom. The number of hydrogen-bond donors (Lipinski definition) is 2. The average molecular weight is 519 g/mol. The predicted octanol–water partition coefficient (Wildman–Crippen LogP) is 12.0. The summed E-state index contributed by atoms with van der Waals surface area (Å²) in [6.07, 6.45) is 26.1. The Bertz CT molecular complexity index is 793. The summed E-state index contributed by atoms with van der Waals surface area (Å²) in [5.74, 6) is 0. The molecule has 0 saturated heterocycles. The van der Waals surface area contributed by atoms with E-state index in [-0.39, 0.29) is 0 Å². The molecule has 38 heavy (non-hydrogen) atoms. The Hall–Kier alpha value is -1.96.